The van der Waals surface area contributed by atoms with Gasteiger partial charge in [0.15, 0.2) is 5.78 Å². The van der Waals surface area contributed by atoms with Crippen LogP contribution < -0.4 is 10.3 Å². The van der Waals surface area contributed by atoms with Crippen molar-refractivity contribution >= 4 is 5.78 Å². The van der Waals surface area contributed by atoms with Crippen molar-refractivity contribution in [2.75, 3.05) is 0 Å². The summed E-state index contributed by atoms with van der Waals surface area (Å²) in [7, 11) is 0. The second-order valence-corrected chi connectivity index (χ2v) is 8.39. The van der Waals surface area contributed by atoms with Gasteiger partial charge in [0.05, 0.1) is 22.5 Å². The number of alkyl halides is 3. The molecular weight excluding hydrogens is 456 g/mol. The lowest BCUT2D eigenvalue weighted by Crippen LogP contribution is -2.33. The molecule has 2 aromatic carbocycles. The zero-order valence-corrected chi connectivity index (χ0v) is 18.6. The molecule has 3 aromatic rings. The highest BCUT2D eigenvalue weighted by Crippen LogP contribution is 2.27. The number of ether oxygens (including phenoxy) is 1. The van der Waals surface area contributed by atoms with E-state index in [9.17, 15) is 32.3 Å². The molecule has 0 amide bonds. The van der Waals surface area contributed by atoms with Gasteiger partial charge in [-0.25, -0.2) is 4.39 Å². The number of nitrogens with zero attached hydrogens (tertiary/aromatic N) is 2. The Labute approximate surface area is 192 Å². The SMILES string of the molecule is C[C@H](CC(=O)c1cc(-c2ccc(OC(F)(F)F)cc2)nn(-c2cccc(F)c2)c1=O)C(C)(C)O. The Morgan fingerprint density at radius 1 is 1.12 bits per heavy atom. The summed E-state index contributed by atoms with van der Waals surface area (Å²) in [5, 5.41) is 14.4. The van der Waals surface area contributed by atoms with Crippen molar-refractivity contribution in [2.24, 2.45) is 5.92 Å². The van der Waals surface area contributed by atoms with Crippen LogP contribution in [-0.2, 0) is 0 Å². The van der Waals surface area contributed by atoms with Crippen LogP contribution in [0.25, 0.3) is 16.9 Å². The van der Waals surface area contributed by atoms with Gasteiger partial charge >= 0.3 is 6.36 Å². The predicted molar refractivity (Wildman–Crippen MR) is 116 cm³/mol. The van der Waals surface area contributed by atoms with Crippen LogP contribution in [0.5, 0.6) is 5.75 Å². The summed E-state index contributed by atoms with van der Waals surface area (Å²) in [4.78, 5) is 26.1. The molecule has 0 aliphatic rings. The van der Waals surface area contributed by atoms with Gasteiger partial charge in [0, 0.05) is 12.0 Å². The summed E-state index contributed by atoms with van der Waals surface area (Å²) in [6.45, 7) is 4.74. The van der Waals surface area contributed by atoms with E-state index >= 15 is 0 Å². The lowest BCUT2D eigenvalue weighted by Gasteiger charge is -2.25. The molecule has 0 aliphatic carbocycles. The first-order chi connectivity index (χ1) is 15.7. The van der Waals surface area contributed by atoms with Gasteiger partial charge in [-0.1, -0.05) is 13.0 Å². The van der Waals surface area contributed by atoms with Crippen LogP contribution in [0.3, 0.4) is 0 Å². The van der Waals surface area contributed by atoms with E-state index in [1.165, 1.54) is 36.4 Å². The molecule has 1 heterocycles. The van der Waals surface area contributed by atoms with Crippen molar-refractivity contribution < 1.29 is 32.2 Å². The third-order valence-corrected chi connectivity index (χ3v) is 5.35. The highest BCUT2D eigenvalue weighted by Gasteiger charge is 2.31. The fraction of sp³-hybridized carbons (Fsp3) is 0.292. The monoisotopic (exact) mass is 478 g/mol. The molecule has 180 valence electrons. The minimum Gasteiger partial charge on any atom is -0.406 e. The lowest BCUT2D eigenvalue weighted by molar-refractivity contribution is -0.274. The van der Waals surface area contributed by atoms with Crippen LogP contribution in [0.4, 0.5) is 17.6 Å². The Morgan fingerprint density at radius 3 is 2.32 bits per heavy atom. The predicted octanol–water partition coefficient (Wildman–Crippen LogP) is 4.92. The van der Waals surface area contributed by atoms with E-state index < -0.39 is 40.8 Å². The number of benzene rings is 2. The van der Waals surface area contributed by atoms with Crippen LogP contribution in [-0.4, -0.2) is 32.6 Å². The average Bonchev–Trinajstić information content (AvgIpc) is 2.72. The minimum absolute atomic E-state index is 0.0634. The Kier molecular flexibility index (Phi) is 6.92. The average molecular weight is 478 g/mol. The fourth-order valence-electron chi connectivity index (χ4n) is 3.08. The first-order valence-electron chi connectivity index (χ1n) is 10.3. The molecule has 3 rings (SSSR count). The Bertz CT molecular complexity index is 1250. The highest BCUT2D eigenvalue weighted by atomic mass is 19.4. The quantitative estimate of drug-likeness (QED) is 0.385. The summed E-state index contributed by atoms with van der Waals surface area (Å²) in [6, 6.07) is 11.0. The number of rotatable bonds is 7. The van der Waals surface area contributed by atoms with Crippen molar-refractivity contribution in [3.63, 3.8) is 0 Å². The maximum Gasteiger partial charge on any atom is 0.573 e. The van der Waals surface area contributed by atoms with Crippen LogP contribution in [0.2, 0.25) is 0 Å². The normalized spacial score (nSPS) is 12.9. The molecule has 0 unspecified atom stereocenters. The number of ketones is 1. The van der Waals surface area contributed by atoms with Gasteiger partial charge in [0.25, 0.3) is 5.56 Å². The maximum atomic E-state index is 13.8. The van der Waals surface area contributed by atoms with E-state index in [0.717, 1.165) is 22.9 Å². The van der Waals surface area contributed by atoms with Crippen molar-refractivity contribution in [1.82, 2.24) is 9.78 Å². The van der Waals surface area contributed by atoms with Gasteiger partial charge in [-0.05, 0) is 68.3 Å². The molecule has 1 N–H and O–H groups in total. The molecule has 0 saturated carbocycles. The topological polar surface area (TPSA) is 81.4 Å². The molecule has 34 heavy (non-hydrogen) atoms. The number of carbonyl (C=O) groups is 1. The number of aliphatic hydroxyl groups is 1. The third kappa shape index (κ3) is 6.07. The summed E-state index contributed by atoms with van der Waals surface area (Å²) in [6.07, 6.45) is -5.01. The van der Waals surface area contributed by atoms with Gasteiger partial charge in [-0.3, -0.25) is 9.59 Å². The molecule has 0 aliphatic heterocycles. The van der Waals surface area contributed by atoms with E-state index in [-0.39, 0.29) is 23.4 Å². The summed E-state index contributed by atoms with van der Waals surface area (Å²) in [5.41, 5.74) is -1.76. The summed E-state index contributed by atoms with van der Waals surface area (Å²) in [5.74, 6) is -2.14. The largest absolute Gasteiger partial charge is 0.573 e. The second-order valence-electron chi connectivity index (χ2n) is 8.39. The molecule has 0 fully saturated rings. The van der Waals surface area contributed by atoms with Gasteiger partial charge in [-0.15, -0.1) is 13.2 Å². The van der Waals surface area contributed by atoms with E-state index in [4.69, 9.17) is 0 Å². The summed E-state index contributed by atoms with van der Waals surface area (Å²) >= 11 is 0. The van der Waals surface area contributed by atoms with E-state index in [1.54, 1.807) is 20.8 Å². The van der Waals surface area contributed by atoms with E-state index in [2.05, 4.69) is 9.84 Å². The summed E-state index contributed by atoms with van der Waals surface area (Å²) < 4.78 is 55.9. The van der Waals surface area contributed by atoms with Crippen LogP contribution >= 0.6 is 0 Å². The van der Waals surface area contributed by atoms with Crippen LogP contribution in [0.1, 0.15) is 37.6 Å². The van der Waals surface area contributed by atoms with Gasteiger partial charge in [0.1, 0.15) is 11.6 Å². The Balaban J connectivity index is 2.11. The van der Waals surface area contributed by atoms with Crippen molar-refractivity contribution in [3.8, 4) is 22.7 Å². The number of halogens is 4. The molecule has 0 bridgehead atoms. The number of hydrogen-bond donors (Lipinski definition) is 1. The zero-order valence-electron chi connectivity index (χ0n) is 18.6. The molecule has 10 heteroatoms. The van der Waals surface area contributed by atoms with Crippen molar-refractivity contribution in [3.05, 3.63) is 76.3 Å². The molecule has 0 spiro atoms. The first kappa shape index (κ1) is 25.1. The van der Waals surface area contributed by atoms with Crippen LogP contribution in [0.15, 0.2) is 59.4 Å². The van der Waals surface area contributed by atoms with E-state index in [0.29, 0.717) is 5.56 Å². The third-order valence-electron chi connectivity index (χ3n) is 5.35. The molecular formula is C24H22F4N2O4. The van der Waals surface area contributed by atoms with Crippen molar-refractivity contribution in [1.29, 1.82) is 0 Å². The fourth-order valence-corrected chi connectivity index (χ4v) is 3.08. The smallest absolute Gasteiger partial charge is 0.406 e. The van der Waals surface area contributed by atoms with Gasteiger partial charge < -0.3 is 9.84 Å². The molecule has 1 atom stereocenters. The highest BCUT2D eigenvalue weighted by molar-refractivity contribution is 5.96. The molecule has 1 aromatic heterocycles. The Morgan fingerprint density at radius 2 is 1.76 bits per heavy atom. The number of Topliss-reactive ketones (excluding diaryl/α,β-unsaturated/α-hetero) is 1. The van der Waals surface area contributed by atoms with Crippen molar-refractivity contribution in [2.45, 2.75) is 39.2 Å². The first-order valence-corrected chi connectivity index (χ1v) is 10.3. The zero-order chi connectivity index (χ0) is 25.3. The number of hydrogen-bond acceptors (Lipinski definition) is 5. The van der Waals surface area contributed by atoms with Gasteiger partial charge in [0.2, 0.25) is 0 Å². The second kappa shape index (κ2) is 9.38. The van der Waals surface area contributed by atoms with E-state index in [1.807, 2.05) is 0 Å². The van der Waals surface area contributed by atoms with Crippen LogP contribution in [0, 0.1) is 11.7 Å². The molecule has 0 saturated heterocycles. The van der Waals surface area contributed by atoms with Gasteiger partial charge in [-0.2, -0.15) is 9.78 Å². The number of aromatic nitrogens is 2. The standard InChI is InChI=1S/C24H22F4N2O4/c1-14(23(2,3)33)11-21(31)19-13-20(15-7-9-18(10-8-15)34-24(26,27)28)29-30(22(19)32)17-6-4-5-16(25)12-17/h4-10,12-14,33H,11H2,1-3H3/t14-/m1/s1. The maximum absolute atomic E-state index is 13.8. The Hall–Kier alpha value is -3.53. The minimum atomic E-state index is -4.86. The number of carbonyl (C=O) groups excluding carboxylic acids is 1. The molecule has 6 nitrogen and oxygen atoms in total. The lowest BCUT2D eigenvalue weighted by atomic mass is 9.87. The molecule has 0 radical (unpaired) electrons.